The second kappa shape index (κ2) is 4.27. The average Bonchev–Trinajstić information content (AvgIpc) is 2.71. The van der Waals surface area contributed by atoms with Gasteiger partial charge in [-0.1, -0.05) is 0 Å². The van der Waals surface area contributed by atoms with Gasteiger partial charge in [0.1, 0.15) is 5.75 Å². The van der Waals surface area contributed by atoms with Crippen molar-refractivity contribution in [2.45, 2.75) is 0 Å². The molecule has 1 aromatic rings. The minimum Gasteiger partial charge on any atom is -0.494 e. The first-order valence-corrected chi connectivity index (χ1v) is 4.67. The third-order valence-electron chi connectivity index (χ3n) is 2.12. The van der Waals surface area contributed by atoms with Gasteiger partial charge in [-0.2, -0.15) is 0 Å². The van der Waals surface area contributed by atoms with Gasteiger partial charge in [-0.25, -0.2) is 0 Å². The molecule has 0 bridgehead atoms. The van der Waals surface area contributed by atoms with E-state index in [1.807, 2.05) is 0 Å². The molecule has 1 aliphatic heterocycles. The Labute approximate surface area is 87.6 Å². The largest absolute Gasteiger partial charge is 0.494 e. The van der Waals surface area contributed by atoms with Crippen molar-refractivity contribution >= 4 is 5.69 Å². The molecule has 0 aliphatic carbocycles. The van der Waals surface area contributed by atoms with Crippen molar-refractivity contribution in [1.82, 2.24) is 0 Å². The SMILES string of the molecule is COc1cc2c(cc1NCCO)OCO2. The van der Waals surface area contributed by atoms with Gasteiger partial charge in [-0.05, 0) is 0 Å². The molecule has 0 unspecified atom stereocenters. The van der Waals surface area contributed by atoms with Gasteiger partial charge in [-0.15, -0.1) is 0 Å². The zero-order chi connectivity index (χ0) is 10.7. The molecule has 0 atom stereocenters. The summed E-state index contributed by atoms with van der Waals surface area (Å²) in [4.78, 5) is 0. The lowest BCUT2D eigenvalue weighted by Gasteiger charge is -2.10. The molecular weight excluding hydrogens is 198 g/mol. The summed E-state index contributed by atoms with van der Waals surface area (Å²) in [6.07, 6.45) is 0. The third-order valence-corrected chi connectivity index (χ3v) is 2.12. The maximum absolute atomic E-state index is 8.73. The van der Waals surface area contributed by atoms with Crippen LogP contribution in [0.2, 0.25) is 0 Å². The van der Waals surface area contributed by atoms with E-state index in [1.165, 1.54) is 0 Å². The quantitative estimate of drug-likeness (QED) is 0.772. The van der Waals surface area contributed by atoms with Gasteiger partial charge in [-0.3, -0.25) is 0 Å². The van der Waals surface area contributed by atoms with Crippen LogP contribution in [0.4, 0.5) is 5.69 Å². The fourth-order valence-corrected chi connectivity index (χ4v) is 1.42. The minimum atomic E-state index is 0.0671. The number of nitrogens with one attached hydrogen (secondary N) is 1. The van der Waals surface area contributed by atoms with E-state index in [0.29, 0.717) is 23.8 Å². The number of hydrogen-bond acceptors (Lipinski definition) is 5. The fourth-order valence-electron chi connectivity index (χ4n) is 1.42. The molecule has 0 radical (unpaired) electrons. The first-order valence-electron chi connectivity index (χ1n) is 4.67. The van der Waals surface area contributed by atoms with Crippen molar-refractivity contribution in [1.29, 1.82) is 0 Å². The second-order valence-electron chi connectivity index (χ2n) is 3.06. The minimum absolute atomic E-state index is 0.0671. The van der Waals surface area contributed by atoms with E-state index in [4.69, 9.17) is 19.3 Å². The standard InChI is InChI=1S/C10H13NO4/c1-13-8-5-10-9(14-6-15-10)4-7(8)11-2-3-12/h4-5,11-12H,2-3,6H2,1H3. The molecular formula is C10H13NO4. The highest BCUT2D eigenvalue weighted by Gasteiger charge is 2.17. The molecule has 0 spiro atoms. The summed E-state index contributed by atoms with van der Waals surface area (Å²) in [5, 5.41) is 11.8. The van der Waals surface area contributed by atoms with E-state index in [1.54, 1.807) is 19.2 Å². The van der Waals surface area contributed by atoms with Gasteiger partial charge in [0.2, 0.25) is 6.79 Å². The summed E-state index contributed by atoms with van der Waals surface area (Å²) >= 11 is 0. The van der Waals surface area contributed by atoms with Crippen LogP contribution in [0.3, 0.4) is 0 Å². The summed E-state index contributed by atoms with van der Waals surface area (Å²) in [7, 11) is 1.58. The van der Waals surface area contributed by atoms with E-state index in [0.717, 1.165) is 5.69 Å². The molecule has 2 N–H and O–H groups in total. The van der Waals surface area contributed by atoms with Crippen LogP contribution >= 0.6 is 0 Å². The number of aliphatic hydroxyl groups is 1. The number of methoxy groups -OCH3 is 1. The normalized spacial score (nSPS) is 12.7. The lowest BCUT2D eigenvalue weighted by Crippen LogP contribution is -2.06. The van der Waals surface area contributed by atoms with Crippen molar-refractivity contribution in [3.05, 3.63) is 12.1 Å². The van der Waals surface area contributed by atoms with Crippen LogP contribution in [-0.4, -0.2) is 32.2 Å². The van der Waals surface area contributed by atoms with E-state index in [9.17, 15) is 0 Å². The number of fused-ring (bicyclic) bond motifs is 1. The Balaban J connectivity index is 2.27. The Morgan fingerprint density at radius 2 is 2.13 bits per heavy atom. The molecule has 1 aromatic carbocycles. The number of benzene rings is 1. The summed E-state index contributed by atoms with van der Waals surface area (Å²) < 4.78 is 15.6. The lowest BCUT2D eigenvalue weighted by atomic mass is 10.2. The molecule has 0 fully saturated rings. The van der Waals surface area contributed by atoms with Crippen LogP contribution in [0.1, 0.15) is 0 Å². The Bertz CT molecular complexity index is 354. The Morgan fingerprint density at radius 1 is 1.40 bits per heavy atom. The van der Waals surface area contributed by atoms with Crippen molar-refractivity contribution < 1.29 is 19.3 Å². The van der Waals surface area contributed by atoms with E-state index < -0.39 is 0 Å². The smallest absolute Gasteiger partial charge is 0.231 e. The van der Waals surface area contributed by atoms with Crippen molar-refractivity contribution in [3.8, 4) is 17.2 Å². The zero-order valence-electron chi connectivity index (χ0n) is 8.45. The Hall–Kier alpha value is -1.62. The van der Waals surface area contributed by atoms with Gasteiger partial charge >= 0.3 is 0 Å². The topological polar surface area (TPSA) is 60.0 Å². The van der Waals surface area contributed by atoms with Crippen LogP contribution in [0, 0.1) is 0 Å². The molecule has 0 saturated carbocycles. The van der Waals surface area contributed by atoms with E-state index in [2.05, 4.69) is 5.32 Å². The first-order chi connectivity index (χ1) is 7.35. The van der Waals surface area contributed by atoms with Crippen LogP contribution in [0.5, 0.6) is 17.2 Å². The maximum atomic E-state index is 8.73. The molecule has 2 rings (SSSR count). The van der Waals surface area contributed by atoms with E-state index in [-0.39, 0.29) is 13.4 Å². The predicted molar refractivity (Wildman–Crippen MR) is 54.7 cm³/mol. The number of ether oxygens (including phenoxy) is 3. The second-order valence-corrected chi connectivity index (χ2v) is 3.06. The molecule has 5 nitrogen and oxygen atoms in total. The Morgan fingerprint density at radius 3 is 2.80 bits per heavy atom. The van der Waals surface area contributed by atoms with Crippen LogP contribution in [0.25, 0.3) is 0 Å². The number of rotatable bonds is 4. The number of aliphatic hydroxyl groups excluding tert-OH is 1. The molecule has 5 heteroatoms. The van der Waals surface area contributed by atoms with Crippen molar-refractivity contribution in [2.24, 2.45) is 0 Å². The van der Waals surface area contributed by atoms with Gasteiger partial charge in [0.05, 0.1) is 19.4 Å². The Kier molecular flexibility index (Phi) is 2.82. The molecule has 0 aromatic heterocycles. The molecule has 0 amide bonds. The average molecular weight is 211 g/mol. The number of anilines is 1. The highest BCUT2D eigenvalue weighted by atomic mass is 16.7. The highest BCUT2D eigenvalue weighted by molar-refractivity contribution is 5.65. The fraction of sp³-hybridized carbons (Fsp3) is 0.400. The van der Waals surface area contributed by atoms with Crippen LogP contribution in [0.15, 0.2) is 12.1 Å². The molecule has 82 valence electrons. The number of hydrogen-bond donors (Lipinski definition) is 2. The maximum Gasteiger partial charge on any atom is 0.231 e. The zero-order valence-corrected chi connectivity index (χ0v) is 8.45. The van der Waals surface area contributed by atoms with Gasteiger partial charge in [0, 0.05) is 18.7 Å². The van der Waals surface area contributed by atoms with Gasteiger partial charge in [0.25, 0.3) is 0 Å². The van der Waals surface area contributed by atoms with Crippen molar-refractivity contribution in [2.75, 3.05) is 32.4 Å². The van der Waals surface area contributed by atoms with Crippen LogP contribution in [-0.2, 0) is 0 Å². The predicted octanol–water partition coefficient (Wildman–Crippen LogP) is 0.828. The summed E-state index contributed by atoms with van der Waals surface area (Å²) in [6.45, 7) is 0.773. The molecule has 1 heterocycles. The van der Waals surface area contributed by atoms with Gasteiger partial charge < -0.3 is 24.6 Å². The third kappa shape index (κ3) is 1.92. The lowest BCUT2D eigenvalue weighted by molar-refractivity contribution is 0.174. The van der Waals surface area contributed by atoms with Crippen molar-refractivity contribution in [3.63, 3.8) is 0 Å². The summed E-state index contributed by atoms with van der Waals surface area (Å²) in [5.41, 5.74) is 0.788. The summed E-state index contributed by atoms with van der Waals surface area (Å²) in [6, 6.07) is 3.57. The first kappa shape index (κ1) is 9.92. The summed E-state index contributed by atoms with van der Waals surface area (Å²) in [5.74, 6) is 2.05. The molecule has 1 aliphatic rings. The molecule has 0 saturated heterocycles. The van der Waals surface area contributed by atoms with E-state index >= 15 is 0 Å². The van der Waals surface area contributed by atoms with Gasteiger partial charge in [0.15, 0.2) is 11.5 Å². The molecule has 15 heavy (non-hydrogen) atoms. The monoisotopic (exact) mass is 211 g/mol. The van der Waals surface area contributed by atoms with Crippen LogP contribution < -0.4 is 19.5 Å². The highest BCUT2D eigenvalue weighted by Crippen LogP contribution is 2.40.